The Morgan fingerprint density at radius 3 is 2.56 bits per heavy atom. The van der Waals surface area contributed by atoms with E-state index in [1.165, 1.54) is 7.05 Å². The molecule has 1 heterocycles. The van der Waals surface area contributed by atoms with Crippen LogP contribution < -0.4 is 0 Å². The number of amides is 1. The molecular formula is C12H10ClIN2O2. The van der Waals surface area contributed by atoms with Crippen LogP contribution in [0.15, 0.2) is 29.4 Å². The van der Waals surface area contributed by atoms with Crippen LogP contribution in [0.5, 0.6) is 0 Å². The summed E-state index contributed by atoms with van der Waals surface area (Å²) in [6.07, 6.45) is 0. The van der Waals surface area contributed by atoms with Gasteiger partial charge >= 0.3 is 0 Å². The highest BCUT2D eigenvalue weighted by Gasteiger charge is 2.53. The monoisotopic (exact) mass is 376 g/mol. The Hall–Kier alpha value is -0.950. The predicted octanol–water partition coefficient (Wildman–Crippen LogP) is 2.30. The molecule has 0 radical (unpaired) electrons. The number of carbonyl (C=O) groups excluding carboxylic acids is 2. The second-order valence-electron chi connectivity index (χ2n) is 3.98. The third-order valence-electron chi connectivity index (χ3n) is 2.82. The van der Waals surface area contributed by atoms with Gasteiger partial charge in [0.05, 0.1) is 5.71 Å². The van der Waals surface area contributed by atoms with Crippen molar-refractivity contribution < 1.29 is 9.59 Å². The molecule has 0 aromatic heterocycles. The average molecular weight is 377 g/mol. The normalized spacial score (nSPS) is 23.2. The summed E-state index contributed by atoms with van der Waals surface area (Å²) in [4.78, 5) is 22.8. The van der Waals surface area contributed by atoms with Gasteiger partial charge in [0.25, 0.3) is 5.91 Å². The summed E-state index contributed by atoms with van der Waals surface area (Å²) in [5.41, 5.74) is 0.743. The van der Waals surface area contributed by atoms with E-state index >= 15 is 0 Å². The predicted molar refractivity (Wildman–Crippen MR) is 78.0 cm³/mol. The van der Waals surface area contributed by atoms with Crippen LogP contribution in [0.1, 0.15) is 17.3 Å². The SMILES string of the molecule is CC1=NN(C)C(=O)C1(Cl)C(=O)c1ccccc1I. The molecule has 0 spiro atoms. The van der Waals surface area contributed by atoms with Crippen LogP contribution in [0.3, 0.4) is 0 Å². The maximum Gasteiger partial charge on any atom is 0.277 e. The van der Waals surface area contributed by atoms with E-state index in [0.717, 1.165) is 8.58 Å². The van der Waals surface area contributed by atoms with Gasteiger partial charge in [-0.05, 0) is 35.6 Å². The Bertz CT molecular complexity index is 573. The highest BCUT2D eigenvalue weighted by Crippen LogP contribution is 2.31. The standard InChI is InChI=1S/C12H10ClIN2O2/c1-7-12(13,11(18)16(2)15-7)10(17)8-5-3-4-6-9(8)14/h3-6H,1-2H3. The molecule has 0 N–H and O–H groups in total. The highest BCUT2D eigenvalue weighted by atomic mass is 127. The van der Waals surface area contributed by atoms with Crippen molar-refractivity contribution in [3.8, 4) is 0 Å². The van der Waals surface area contributed by atoms with Crippen molar-refractivity contribution in [3.63, 3.8) is 0 Å². The Balaban J connectivity index is 2.50. The van der Waals surface area contributed by atoms with Crippen LogP contribution in [0, 0.1) is 3.57 Å². The van der Waals surface area contributed by atoms with Gasteiger partial charge in [-0.3, -0.25) is 9.59 Å². The van der Waals surface area contributed by atoms with Gasteiger partial charge in [-0.15, -0.1) is 0 Å². The van der Waals surface area contributed by atoms with Crippen LogP contribution in [-0.2, 0) is 4.79 Å². The van der Waals surface area contributed by atoms with Crippen molar-refractivity contribution in [2.75, 3.05) is 7.05 Å². The maximum atomic E-state index is 12.5. The molecular weight excluding hydrogens is 367 g/mol. The van der Waals surface area contributed by atoms with Crippen LogP contribution in [0.4, 0.5) is 0 Å². The van der Waals surface area contributed by atoms with Gasteiger partial charge in [0.15, 0.2) is 5.78 Å². The van der Waals surface area contributed by atoms with Crippen LogP contribution >= 0.6 is 34.2 Å². The first-order valence-electron chi connectivity index (χ1n) is 5.21. The van der Waals surface area contributed by atoms with Crippen molar-refractivity contribution >= 4 is 51.6 Å². The van der Waals surface area contributed by atoms with E-state index in [1.54, 1.807) is 25.1 Å². The lowest BCUT2D eigenvalue weighted by atomic mass is 9.93. The molecule has 18 heavy (non-hydrogen) atoms. The molecule has 0 aliphatic carbocycles. The van der Waals surface area contributed by atoms with Crippen LogP contribution in [-0.4, -0.2) is 34.3 Å². The Kier molecular flexibility index (Phi) is 3.46. The molecule has 1 aromatic carbocycles. The minimum Gasteiger partial charge on any atom is -0.291 e. The molecule has 94 valence electrons. The summed E-state index contributed by atoms with van der Waals surface area (Å²) in [5, 5.41) is 5.05. The van der Waals surface area contributed by atoms with Crippen molar-refractivity contribution in [2.24, 2.45) is 5.10 Å². The summed E-state index contributed by atoms with van der Waals surface area (Å²) >= 11 is 8.29. The van der Waals surface area contributed by atoms with Gasteiger partial charge < -0.3 is 0 Å². The molecule has 1 aliphatic heterocycles. The first-order chi connectivity index (χ1) is 8.39. The smallest absolute Gasteiger partial charge is 0.277 e. The molecule has 0 saturated heterocycles. The number of halogens is 2. The van der Waals surface area contributed by atoms with E-state index in [2.05, 4.69) is 5.10 Å². The van der Waals surface area contributed by atoms with Crippen molar-refractivity contribution in [2.45, 2.75) is 11.8 Å². The molecule has 1 unspecified atom stereocenters. The number of rotatable bonds is 2. The van der Waals surface area contributed by atoms with Crippen molar-refractivity contribution in [3.05, 3.63) is 33.4 Å². The largest absolute Gasteiger partial charge is 0.291 e. The lowest BCUT2D eigenvalue weighted by Gasteiger charge is -2.19. The number of Topliss-reactive ketones (excluding diaryl/α,β-unsaturated/α-hetero) is 1. The molecule has 0 saturated carbocycles. The van der Waals surface area contributed by atoms with E-state index in [-0.39, 0.29) is 0 Å². The van der Waals surface area contributed by atoms with E-state index in [9.17, 15) is 9.59 Å². The molecule has 1 aromatic rings. The zero-order valence-corrected chi connectivity index (χ0v) is 12.7. The van der Waals surface area contributed by atoms with E-state index in [4.69, 9.17) is 11.6 Å². The first-order valence-corrected chi connectivity index (χ1v) is 6.66. The number of benzene rings is 1. The number of alkyl halides is 1. The summed E-state index contributed by atoms with van der Waals surface area (Å²) in [5.74, 6) is -0.934. The van der Waals surface area contributed by atoms with E-state index in [1.807, 2.05) is 28.7 Å². The Morgan fingerprint density at radius 2 is 2.06 bits per heavy atom. The Morgan fingerprint density at radius 1 is 1.44 bits per heavy atom. The fourth-order valence-electron chi connectivity index (χ4n) is 1.81. The van der Waals surface area contributed by atoms with Crippen molar-refractivity contribution in [1.29, 1.82) is 0 Å². The molecule has 0 bridgehead atoms. The lowest BCUT2D eigenvalue weighted by Crippen LogP contribution is -2.47. The van der Waals surface area contributed by atoms with Crippen molar-refractivity contribution in [1.82, 2.24) is 5.01 Å². The highest BCUT2D eigenvalue weighted by molar-refractivity contribution is 14.1. The fraction of sp³-hybridized carbons (Fsp3) is 0.250. The summed E-state index contributed by atoms with van der Waals surface area (Å²) < 4.78 is 0.760. The zero-order chi connectivity index (χ0) is 13.5. The van der Waals surface area contributed by atoms with E-state index < -0.39 is 16.6 Å². The molecule has 1 atom stereocenters. The second kappa shape index (κ2) is 4.62. The zero-order valence-electron chi connectivity index (χ0n) is 9.78. The number of hydrogen-bond acceptors (Lipinski definition) is 3. The lowest BCUT2D eigenvalue weighted by molar-refractivity contribution is -0.128. The van der Waals surface area contributed by atoms with Gasteiger partial charge in [0.2, 0.25) is 4.87 Å². The first kappa shape index (κ1) is 13.5. The molecule has 0 fully saturated rings. The third kappa shape index (κ3) is 1.85. The fourth-order valence-corrected chi connectivity index (χ4v) is 2.70. The van der Waals surface area contributed by atoms with Gasteiger partial charge in [-0.2, -0.15) is 5.10 Å². The third-order valence-corrected chi connectivity index (χ3v) is 4.37. The topological polar surface area (TPSA) is 49.7 Å². The number of hydrogen-bond donors (Lipinski definition) is 0. The minimum atomic E-state index is -1.70. The maximum absolute atomic E-state index is 12.5. The van der Waals surface area contributed by atoms with Gasteiger partial charge in [-0.25, -0.2) is 5.01 Å². The minimum absolute atomic E-state index is 0.307. The van der Waals surface area contributed by atoms with Crippen LogP contribution in [0.25, 0.3) is 0 Å². The number of hydrazone groups is 1. The molecule has 4 nitrogen and oxygen atoms in total. The molecule has 2 rings (SSSR count). The van der Waals surface area contributed by atoms with Crippen LogP contribution in [0.2, 0.25) is 0 Å². The molecule has 6 heteroatoms. The Labute approximate surface area is 123 Å². The second-order valence-corrected chi connectivity index (χ2v) is 5.71. The van der Waals surface area contributed by atoms with E-state index in [0.29, 0.717) is 11.3 Å². The number of carbonyl (C=O) groups is 2. The quantitative estimate of drug-likeness (QED) is 0.344. The molecule has 1 aliphatic rings. The summed E-state index contributed by atoms with van der Waals surface area (Å²) in [7, 11) is 1.49. The summed E-state index contributed by atoms with van der Waals surface area (Å²) in [6.45, 7) is 1.59. The number of nitrogens with zero attached hydrogens (tertiary/aromatic N) is 2. The van der Waals surface area contributed by atoms with Gasteiger partial charge in [-0.1, -0.05) is 29.8 Å². The molecule has 1 amide bonds. The average Bonchev–Trinajstić information content (AvgIpc) is 2.54. The summed E-state index contributed by atoms with van der Waals surface area (Å²) in [6, 6.07) is 7.02. The van der Waals surface area contributed by atoms with Gasteiger partial charge in [0, 0.05) is 16.2 Å². The van der Waals surface area contributed by atoms with Gasteiger partial charge in [0.1, 0.15) is 0 Å². The number of ketones is 1.